The number of hydrogen-bond donors (Lipinski definition) is 4. The Morgan fingerprint density at radius 2 is 2.12 bits per heavy atom. The van der Waals surface area contributed by atoms with Crippen LogP contribution in [-0.2, 0) is 24.0 Å². The molecule has 2 atom stereocenters. The topological polar surface area (TPSA) is 181 Å². The summed E-state index contributed by atoms with van der Waals surface area (Å²) in [6, 6.07) is 2.92. The average Bonchev–Trinajstić information content (AvgIpc) is 2.75. The number of β-lactam (4-membered cyclic amide) rings is 1. The summed E-state index contributed by atoms with van der Waals surface area (Å²) >= 11 is 7.07. The number of phenols is 1. The van der Waals surface area contributed by atoms with E-state index in [0.29, 0.717) is 0 Å². The van der Waals surface area contributed by atoms with Crippen LogP contribution in [0.5, 0.6) is 5.75 Å². The van der Waals surface area contributed by atoms with E-state index in [2.05, 4.69) is 15.2 Å². The van der Waals surface area contributed by atoms with Crippen molar-refractivity contribution in [2.75, 3.05) is 19.5 Å². The Morgan fingerprint density at radius 1 is 1.41 bits per heavy atom. The van der Waals surface area contributed by atoms with Gasteiger partial charge in [-0.3, -0.25) is 14.5 Å². The summed E-state index contributed by atoms with van der Waals surface area (Å²) in [4.78, 5) is 53.8. The largest absolute Gasteiger partial charge is 0.506 e. The van der Waals surface area contributed by atoms with Crippen molar-refractivity contribution in [2.45, 2.75) is 11.4 Å². The van der Waals surface area contributed by atoms with Gasteiger partial charge in [-0.2, -0.15) is 0 Å². The second-order valence-corrected chi connectivity index (χ2v) is 8.03. The highest BCUT2D eigenvalue weighted by molar-refractivity contribution is 8.00. The lowest BCUT2D eigenvalue weighted by Crippen LogP contribution is -2.71. The predicted molar refractivity (Wildman–Crippen MR) is 112 cm³/mol. The molecule has 0 aliphatic carbocycles. The molecule has 170 valence electrons. The molecule has 14 heteroatoms. The van der Waals surface area contributed by atoms with Gasteiger partial charge in [0.1, 0.15) is 36.6 Å². The van der Waals surface area contributed by atoms with E-state index >= 15 is 0 Å². The van der Waals surface area contributed by atoms with Crippen molar-refractivity contribution >= 4 is 53.0 Å². The Morgan fingerprint density at radius 3 is 2.72 bits per heavy atom. The molecule has 3 rings (SSSR count). The van der Waals surface area contributed by atoms with Gasteiger partial charge in [-0.15, -0.1) is 11.8 Å². The lowest BCUT2D eigenvalue weighted by Gasteiger charge is -2.49. The zero-order valence-corrected chi connectivity index (χ0v) is 18.0. The van der Waals surface area contributed by atoms with Gasteiger partial charge in [0, 0.05) is 16.9 Å². The lowest BCUT2D eigenvalue weighted by atomic mass is 10.0. The monoisotopic (exact) mass is 484 g/mol. The number of phenolic OH excluding ortho intramolecular Hbond substituents is 1. The molecule has 2 heterocycles. The Hall–Kier alpha value is -3.45. The third kappa shape index (κ3) is 4.43. The number of fused-ring (bicyclic) bond motifs is 1. The Balaban J connectivity index is 1.79. The maximum atomic E-state index is 12.8. The molecule has 1 saturated heterocycles. The Kier molecular flexibility index (Phi) is 6.79. The number of aliphatic carboxylic acids is 1. The van der Waals surface area contributed by atoms with Gasteiger partial charge < -0.3 is 30.8 Å². The fraction of sp³-hybridized carbons (Fsp3) is 0.278. The zero-order valence-electron chi connectivity index (χ0n) is 16.4. The zero-order chi connectivity index (χ0) is 23.6. The van der Waals surface area contributed by atoms with Crippen molar-refractivity contribution in [3.05, 3.63) is 40.1 Å². The molecule has 0 spiro atoms. The van der Waals surface area contributed by atoms with Crippen LogP contribution in [0.3, 0.4) is 0 Å². The van der Waals surface area contributed by atoms with Crippen LogP contribution >= 0.6 is 23.4 Å². The van der Waals surface area contributed by atoms with Crippen molar-refractivity contribution in [1.82, 2.24) is 10.2 Å². The summed E-state index contributed by atoms with van der Waals surface area (Å²) in [5, 5.41) is 24.6. The quantitative estimate of drug-likeness (QED) is 0.239. The SMILES string of the molecule is CON=C(C(=O)NC1C(=O)N2C(C(=O)O)=C(COC(N)=O)CS[C@@H]12)c1ccc(O)c(Cl)c1. The van der Waals surface area contributed by atoms with Crippen molar-refractivity contribution in [3.8, 4) is 5.75 Å². The van der Waals surface area contributed by atoms with Crippen LogP contribution in [-0.4, -0.2) is 75.6 Å². The first kappa shape index (κ1) is 23.2. The van der Waals surface area contributed by atoms with E-state index in [0.717, 1.165) is 4.90 Å². The van der Waals surface area contributed by atoms with Gasteiger partial charge in [-0.05, 0) is 18.2 Å². The normalized spacial score (nSPS) is 20.2. The van der Waals surface area contributed by atoms with Gasteiger partial charge in [0.05, 0.1) is 5.02 Å². The minimum Gasteiger partial charge on any atom is -0.506 e. The fourth-order valence-electron chi connectivity index (χ4n) is 3.13. The van der Waals surface area contributed by atoms with E-state index in [4.69, 9.17) is 22.2 Å². The minimum absolute atomic E-state index is 0.0187. The standard InChI is InChI=1S/C18H17ClN4O8S/c1-30-22-11(7-2-3-10(24)9(19)4-7)14(25)21-12-15(26)23-13(17(27)28)8(5-31-18(20)29)6-32-16(12)23/h2-4,12,16,24H,5-6H2,1H3,(H2,20,29)(H,21,25)(H,27,28)/t12?,16-/m0/s1. The average molecular weight is 485 g/mol. The number of aromatic hydroxyl groups is 1. The first-order valence-corrected chi connectivity index (χ1v) is 10.3. The summed E-state index contributed by atoms with van der Waals surface area (Å²) in [6.45, 7) is -0.371. The summed E-state index contributed by atoms with van der Waals surface area (Å²) in [6.07, 6.45) is -1.08. The molecule has 0 bridgehead atoms. The van der Waals surface area contributed by atoms with Gasteiger partial charge >= 0.3 is 12.1 Å². The van der Waals surface area contributed by atoms with Crippen LogP contribution in [0.25, 0.3) is 0 Å². The van der Waals surface area contributed by atoms with E-state index < -0.39 is 35.3 Å². The number of carbonyl (C=O) groups excluding carboxylic acids is 3. The number of carboxylic acid groups (broad SMARTS) is 1. The molecule has 3 amide bonds. The van der Waals surface area contributed by atoms with Crippen LogP contribution in [0.4, 0.5) is 4.79 Å². The number of nitrogens with zero attached hydrogens (tertiary/aromatic N) is 2. The molecule has 0 saturated carbocycles. The van der Waals surface area contributed by atoms with E-state index in [1.807, 2.05) is 0 Å². The highest BCUT2D eigenvalue weighted by atomic mass is 35.5. The number of rotatable bonds is 7. The van der Waals surface area contributed by atoms with Gasteiger partial charge in [0.15, 0.2) is 5.71 Å². The highest BCUT2D eigenvalue weighted by Crippen LogP contribution is 2.40. The second kappa shape index (κ2) is 9.36. The summed E-state index contributed by atoms with van der Waals surface area (Å²) in [5.74, 6) is -2.86. The van der Waals surface area contributed by atoms with Crippen LogP contribution in [0.1, 0.15) is 5.56 Å². The molecule has 2 aliphatic rings. The number of nitrogens with two attached hydrogens (primary N) is 1. The molecule has 12 nitrogen and oxygen atoms in total. The van der Waals surface area contributed by atoms with Crippen molar-refractivity contribution < 1.29 is 39.0 Å². The minimum atomic E-state index is -1.38. The summed E-state index contributed by atoms with van der Waals surface area (Å²) in [7, 11) is 1.22. The number of hydrogen-bond acceptors (Lipinski definition) is 9. The van der Waals surface area contributed by atoms with E-state index in [1.165, 1.54) is 37.1 Å². The smallest absolute Gasteiger partial charge is 0.404 e. The molecule has 0 aromatic heterocycles. The molecule has 1 unspecified atom stereocenters. The first-order chi connectivity index (χ1) is 15.1. The van der Waals surface area contributed by atoms with Crippen LogP contribution < -0.4 is 11.1 Å². The third-order valence-corrected chi connectivity index (χ3v) is 6.19. The van der Waals surface area contributed by atoms with Crippen molar-refractivity contribution in [2.24, 2.45) is 10.9 Å². The number of carbonyl (C=O) groups is 4. The molecular formula is C18H17ClN4O8S. The Bertz CT molecular complexity index is 1060. The number of thioether (sulfide) groups is 1. The fourth-order valence-corrected chi connectivity index (χ4v) is 4.64. The number of ether oxygens (including phenoxy) is 1. The second-order valence-electron chi connectivity index (χ2n) is 6.51. The maximum absolute atomic E-state index is 12.8. The number of amides is 3. The molecule has 0 radical (unpaired) electrons. The molecule has 32 heavy (non-hydrogen) atoms. The van der Waals surface area contributed by atoms with Crippen molar-refractivity contribution in [1.29, 1.82) is 0 Å². The van der Waals surface area contributed by atoms with E-state index in [-0.39, 0.29) is 45.7 Å². The van der Waals surface area contributed by atoms with E-state index in [1.54, 1.807) is 0 Å². The van der Waals surface area contributed by atoms with Gasteiger partial charge in [-0.25, -0.2) is 9.59 Å². The number of nitrogens with one attached hydrogen (secondary N) is 1. The predicted octanol–water partition coefficient (Wildman–Crippen LogP) is 0.230. The molecule has 2 aliphatic heterocycles. The van der Waals surface area contributed by atoms with Crippen LogP contribution in [0, 0.1) is 0 Å². The lowest BCUT2D eigenvalue weighted by molar-refractivity contribution is -0.150. The van der Waals surface area contributed by atoms with Gasteiger partial charge in [-0.1, -0.05) is 16.8 Å². The van der Waals surface area contributed by atoms with E-state index in [9.17, 15) is 29.4 Å². The number of carboxylic acids is 1. The molecule has 1 aromatic rings. The Labute approximate surface area is 189 Å². The molecular weight excluding hydrogens is 468 g/mol. The van der Waals surface area contributed by atoms with Gasteiger partial charge in [0.25, 0.3) is 11.8 Å². The van der Waals surface area contributed by atoms with Crippen LogP contribution in [0.15, 0.2) is 34.6 Å². The number of halogens is 1. The molecule has 1 aromatic carbocycles. The molecule has 5 N–H and O–H groups in total. The van der Waals surface area contributed by atoms with Crippen LogP contribution in [0.2, 0.25) is 5.02 Å². The number of benzene rings is 1. The first-order valence-electron chi connectivity index (χ1n) is 8.88. The summed E-state index contributed by atoms with van der Waals surface area (Å²) < 4.78 is 4.66. The molecule has 1 fully saturated rings. The number of primary amides is 1. The third-order valence-electron chi connectivity index (χ3n) is 4.54. The van der Waals surface area contributed by atoms with Gasteiger partial charge in [0.2, 0.25) is 0 Å². The summed E-state index contributed by atoms with van der Waals surface area (Å²) in [5.41, 5.74) is 4.83. The maximum Gasteiger partial charge on any atom is 0.404 e. The number of oxime groups is 1. The highest BCUT2D eigenvalue weighted by Gasteiger charge is 2.54. The van der Waals surface area contributed by atoms with Crippen molar-refractivity contribution in [3.63, 3.8) is 0 Å².